The Bertz CT molecular complexity index is 584. The van der Waals surface area contributed by atoms with Gasteiger partial charge in [-0.15, -0.1) is 0 Å². The summed E-state index contributed by atoms with van der Waals surface area (Å²) in [6, 6.07) is 5.65. The molecule has 2 rings (SSSR count). The Hall–Kier alpha value is -2.07. The van der Waals surface area contributed by atoms with E-state index in [1.165, 1.54) is 24.8 Å². The lowest BCUT2D eigenvalue weighted by Crippen LogP contribution is -2.28. The second-order valence-corrected chi connectivity index (χ2v) is 6.21. The fourth-order valence-electron chi connectivity index (χ4n) is 2.74. The smallest absolute Gasteiger partial charge is 0.0874 e. The molecule has 0 amide bonds. The van der Waals surface area contributed by atoms with Gasteiger partial charge in [-0.05, 0) is 44.2 Å². The predicted molar refractivity (Wildman–Crippen MR) is 119 cm³/mol. The molecule has 1 fully saturated rings. The van der Waals surface area contributed by atoms with Gasteiger partial charge in [0.1, 0.15) is 0 Å². The molecular formula is C23H40N4. The summed E-state index contributed by atoms with van der Waals surface area (Å²) in [5.41, 5.74) is 10.1. The molecule has 0 unspecified atom stereocenters. The zero-order chi connectivity index (χ0) is 20.7. The van der Waals surface area contributed by atoms with Gasteiger partial charge in [-0.25, -0.2) is 5.84 Å². The Morgan fingerprint density at radius 2 is 1.85 bits per heavy atom. The standard InChI is InChI=1S/C19H28N4.2C2H6/c1-3-16(17-7-6-8-17)11-10-15(2)13-23(21)14-18(20)19-9-4-5-12-22-19;2*1-2/h4-5,9-12,14,17H,3,6-8,13,20-21H2,1-2H3;2*1-2H3/b15-10+,16-11+,18-14-;;. The maximum atomic E-state index is 6.04. The van der Waals surface area contributed by atoms with Crippen LogP contribution < -0.4 is 11.6 Å². The lowest BCUT2D eigenvalue weighted by Gasteiger charge is -2.27. The summed E-state index contributed by atoms with van der Waals surface area (Å²) in [4.78, 5) is 4.22. The summed E-state index contributed by atoms with van der Waals surface area (Å²) in [5, 5.41) is 1.61. The second-order valence-electron chi connectivity index (χ2n) is 6.21. The number of aromatic nitrogens is 1. The molecule has 1 aromatic rings. The third-order valence-electron chi connectivity index (χ3n) is 4.32. The molecule has 0 spiro atoms. The second kappa shape index (κ2) is 15.0. The summed E-state index contributed by atoms with van der Waals surface area (Å²) in [6.07, 6.45) is 13.1. The quantitative estimate of drug-likeness (QED) is 0.369. The van der Waals surface area contributed by atoms with Crippen molar-refractivity contribution in [1.82, 2.24) is 9.99 Å². The Kier molecular flexibility index (Phi) is 13.9. The predicted octanol–water partition coefficient (Wildman–Crippen LogP) is 5.65. The van der Waals surface area contributed by atoms with E-state index in [1.54, 1.807) is 23.0 Å². The van der Waals surface area contributed by atoms with Crippen molar-refractivity contribution in [1.29, 1.82) is 0 Å². The number of hydrogen-bond acceptors (Lipinski definition) is 4. The number of nitrogens with two attached hydrogens (primary N) is 2. The van der Waals surface area contributed by atoms with E-state index < -0.39 is 0 Å². The zero-order valence-corrected chi connectivity index (χ0v) is 18.2. The van der Waals surface area contributed by atoms with E-state index in [0.717, 1.165) is 18.0 Å². The van der Waals surface area contributed by atoms with Crippen molar-refractivity contribution in [3.05, 3.63) is 59.6 Å². The van der Waals surface area contributed by atoms with Crippen LogP contribution in [0, 0.1) is 5.92 Å². The molecule has 1 heterocycles. The van der Waals surface area contributed by atoms with Crippen LogP contribution in [0.25, 0.3) is 5.70 Å². The van der Waals surface area contributed by atoms with Crippen molar-refractivity contribution in [2.45, 2.75) is 67.2 Å². The Morgan fingerprint density at radius 1 is 1.19 bits per heavy atom. The summed E-state index contributed by atoms with van der Waals surface area (Å²) in [6.45, 7) is 13.0. The fraction of sp³-hybridized carbons (Fsp3) is 0.522. The monoisotopic (exact) mass is 372 g/mol. The van der Waals surface area contributed by atoms with Crippen molar-refractivity contribution in [2.75, 3.05) is 6.54 Å². The minimum atomic E-state index is 0.570. The van der Waals surface area contributed by atoms with Crippen molar-refractivity contribution in [3.63, 3.8) is 0 Å². The minimum Gasteiger partial charge on any atom is -0.396 e. The zero-order valence-electron chi connectivity index (χ0n) is 18.2. The highest BCUT2D eigenvalue weighted by atomic mass is 15.4. The third-order valence-corrected chi connectivity index (χ3v) is 4.32. The first kappa shape index (κ1) is 24.9. The van der Waals surface area contributed by atoms with Gasteiger partial charge >= 0.3 is 0 Å². The summed E-state index contributed by atoms with van der Waals surface area (Å²) in [5.74, 6) is 6.84. The molecule has 1 aliphatic carbocycles. The van der Waals surface area contributed by atoms with Crippen molar-refractivity contribution < 1.29 is 0 Å². The van der Waals surface area contributed by atoms with E-state index in [9.17, 15) is 0 Å². The van der Waals surface area contributed by atoms with Crippen LogP contribution in [0.5, 0.6) is 0 Å². The van der Waals surface area contributed by atoms with Crippen molar-refractivity contribution in [3.8, 4) is 0 Å². The first-order valence-electron chi connectivity index (χ1n) is 10.4. The van der Waals surface area contributed by atoms with Gasteiger partial charge in [0.05, 0.1) is 17.9 Å². The summed E-state index contributed by atoms with van der Waals surface area (Å²) < 4.78 is 0. The van der Waals surface area contributed by atoms with Gasteiger partial charge in [-0.3, -0.25) is 4.98 Å². The molecule has 0 saturated heterocycles. The van der Waals surface area contributed by atoms with Crippen LogP contribution >= 0.6 is 0 Å². The van der Waals surface area contributed by atoms with Crippen LogP contribution in [0.2, 0.25) is 0 Å². The maximum Gasteiger partial charge on any atom is 0.0874 e. The Balaban J connectivity index is 0.00000158. The molecule has 0 aromatic carbocycles. The van der Waals surface area contributed by atoms with Crippen LogP contribution in [-0.2, 0) is 0 Å². The SMILES string of the molecule is CC.CC.CC/C(=C\C=C(/C)CN(N)/C=C(\N)c1ccccn1)C1CCC1. The molecular weight excluding hydrogens is 332 g/mol. The van der Waals surface area contributed by atoms with E-state index in [2.05, 4.69) is 31.0 Å². The molecule has 4 N–H and O–H groups in total. The van der Waals surface area contributed by atoms with Crippen molar-refractivity contribution in [2.24, 2.45) is 17.5 Å². The van der Waals surface area contributed by atoms with Gasteiger partial charge in [-0.2, -0.15) is 0 Å². The van der Waals surface area contributed by atoms with Gasteiger partial charge in [0, 0.05) is 12.4 Å². The summed E-state index contributed by atoms with van der Waals surface area (Å²) >= 11 is 0. The number of pyridine rings is 1. The van der Waals surface area contributed by atoms with E-state index >= 15 is 0 Å². The van der Waals surface area contributed by atoms with Crippen LogP contribution in [-0.4, -0.2) is 16.5 Å². The highest BCUT2D eigenvalue weighted by Crippen LogP contribution is 2.34. The van der Waals surface area contributed by atoms with Crippen LogP contribution in [0.3, 0.4) is 0 Å². The molecule has 0 aliphatic heterocycles. The van der Waals surface area contributed by atoms with Gasteiger partial charge in [0.25, 0.3) is 0 Å². The van der Waals surface area contributed by atoms with Crippen LogP contribution in [0.1, 0.15) is 72.9 Å². The lowest BCUT2D eigenvalue weighted by molar-refractivity contribution is 0.361. The van der Waals surface area contributed by atoms with Gasteiger partial charge in [0.15, 0.2) is 0 Å². The topological polar surface area (TPSA) is 68.2 Å². The molecule has 1 aromatic heterocycles. The molecule has 0 radical (unpaired) electrons. The van der Waals surface area contributed by atoms with Crippen LogP contribution in [0.4, 0.5) is 0 Å². The molecule has 4 nitrogen and oxygen atoms in total. The number of nitrogens with zero attached hydrogens (tertiary/aromatic N) is 2. The molecule has 4 heteroatoms. The average Bonchev–Trinajstić information content (AvgIpc) is 2.67. The lowest BCUT2D eigenvalue weighted by atomic mass is 9.78. The van der Waals surface area contributed by atoms with E-state index in [1.807, 2.05) is 45.9 Å². The van der Waals surface area contributed by atoms with Gasteiger partial charge < -0.3 is 10.7 Å². The van der Waals surface area contributed by atoms with E-state index in [-0.39, 0.29) is 0 Å². The third kappa shape index (κ3) is 9.43. The van der Waals surface area contributed by atoms with E-state index in [4.69, 9.17) is 11.6 Å². The van der Waals surface area contributed by atoms with E-state index in [0.29, 0.717) is 12.2 Å². The minimum absolute atomic E-state index is 0.570. The van der Waals surface area contributed by atoms with Crippen molar-refractivity contribution >= 4 is 5.70 Å². The maximum absolute atomic E-state index is 6.04. The van der Waals surface area contributed by atoms with Gasteiger partial charge in [0.2, 0.25) is 0 Å². The molecule has 1 saturated carbocycles. The number of hydrogen-bond donors (Lipinski definition) is 2. The number of hydrazine groups is 1. The fourth-order valence-corrected chi connectivity index (χ4v) is 2.74. The van der Waals surface area contributed by atoms with Crippen LogP contribution in [0.15, 0.2) is 53.9 Å². The normalized spacial score (nSPS) is 15.0. The molecule has 0 bridgehead atoms. The Labute approximate surface area is 167 Å². The molecule has 27 heavy (non-hydrogen) atoms. The summed E-state index contributed by atoms with van der Waals surface area (Å²) in [7, 11) is 0. The first-order chi connectivity index (χ1) is 13.1. The average molecular weight is 373 g/mol. The number of allylic oxidation sites excluding steroid dienone is 3. The molecule has 0 atom stereocenters. The highest BCUT2D eigenvalue weighted by Gasteiger charge is 2.19. The van der Waals surface area contributed by atoms with Gasteiger partial charge in [-0.1, -0.05) is 70.4 Å². The Morgan fingerprint density at radius 3 is 2.33 bits per heavy atom. The highest BCUT2D eigenvalue weighted by molar-refractivity contribution is 5.58. The molecule has 152 valence electrons. The molecule has 1 aliphatic rings. The number of rotatable bonds is 7. The first-order valence-corrected chi connectivity index (χ1v) is 10.4. The largest absolute Gasteiger partial charge is 0.396 e.